The zero-order valence-electron chi connectivity index (χ0n) is 20.1. The summed E-state index contributed by atoms with van der Waals surface area (Å²) >= 11 is 1.23. The number of fused-ring (bicyclic) bond motifs is 1. The average Bonchev–Trinajstić information content (AvgIpc) is 3.41. The molecule has 1 fully saturated rings. The molecule has 1 saturated heterocycles. The van der Waals surface area contributed by atoms with Crippen LogP contribution in [-0.4, -0.2) is 33.8 Å². The van der Waals surface area contributed by atoms with Crippen LogP contribution in [0.1, 0.15) is 28.3 Å². The van der Waals surface area contributed by atoms with E-state index in [2.05, 4.69) is 4.98 Å². The normalized spacial score (nSPS) is 16.9. The van der Waals surface area contributed by atoms with Crippen molar-refractivity contribution >= 4 is 49.8 Å². The molecule has 1 aliphatic heterocycles. The van der Waals surface area contributed by atoms with Crippen molar-refractivity contribution in [1.82, 2.24) is 4.98 Å². The van der Waals surface area contributed by atoms with E-state index < -0.39 is 22.7 Å². The zero-order chi connectivity index (χ0) is 26.4. The van der Waals surface area contributed by atoms with E-state index in [4.69, 9.17) is 4.74 Å². The van der Waals surface area contributed by atoms with E-state index >= 15 is 0 Å². The van der Waals surface area contributed by atoms with Gasteiger partial charge in [0.25, 0.3) is 11.5 Å². The average molecular weight is 516 g/mol. The Morgan fingerprint density at radius 1 is 1.11 bits per heavy atom. The maximum atomic E-state index is 13.4. The van der Waals surface area contributed by atoms with Crippen LogP contribution < -0.4 is 9.64 Å². The Labute approximate surface area is 215 Å². The number of amides is 1. The Bertz CT molecular complexity index is 1640. The van der Waals surface area contributed by atoms with Crippen molar-refractivity contribution in [3.8, 4) is 5.75 Å². The van der Waals surface area contributed by atoms with E-state index in [-0.39, 0.29) is 22.2 Å². The molecular weight excluding hydrogens is 494 g/mol. The Morgan fingerprint density at radius 3 is 2.59 bits per heavy atom. The number of hydrogen-bond acceptors (Lipinski definition) is 8. The van der Waals surface area contributed by atoms with Gasteiger partial charge in [-0.25, -0.2) is 4.98 Å². The number of nitro groups is 1. The molecule has 0 radical (unpaired) electrons. The highest BCUT2D eigenvalue weighted by Crippen LogP contribution is 2.45. The van der Waals surface area contributed by atoms with Gasteiger partial charge in [-0.15, -0.1) is 0 Å². The number of nitro benzene ring substituents is 1. The number of aliphatic hydroxyl groups is 1. The van der Waals surface area contributed by atoms with Crippen molar-refractivity contribution in [3.05, 3.63) is 98.6 Å². The van der Waals surface area contributed by atoms with Crippen LogP contribution in [-0.2, 0) is 9.59 Å². The van der Waals surface area contributed by atoms with Crippen molar-refractivity contribution < 1.29 is 24.4 Å². The third-order valence-electron chi connectivity index (χ3n) is 6.25. The number of nitrogens with zero attached hydrogens (tertiary/aromatic N) is 3. The number of Topliss-reactive ketones (excluding diaryl/α,β-unsaturated/α-hetero) is 1. The third kappa shape index (κ3) is 4.11. The number of hydrogen-bond donors (Lipinski definition) is 1. The van der Waals surface area contributed by atoms with Gasteiger partial charge in [-0.2, -0.15) is 0 Å². The van der Waals surface area contributed by atoms with Crippen molar-refractivity contribution in [3.63, 3.8) is 0 Å². The van der Waals surface area contributed by atoms with Crippen molar-refractivity contribution in [2.24, 2.45) is 0 Å². The summed E-state index contributed by atoms with van der Waals surface area (Å²) in [7, 11) is 1.52. The number of thiazole rings is 1. The van der Waals surface area contributed by atoms with Gasteiger partial charge in [-0.3, -0.25) is 24.6 Å². The van der Waals surface area contributed by atoms with Crippen LogP contribution in [0.3, 0.4) is 0 Å². The molecule has 5 rings (SSSR count). The van der Waals surface area contributed by atoms with E-state index in [1.165, 1.54) is 41.5 Å². The molecule has 1 amide bonds. The number of aliphatic hydroxyl groups excluding tert-OH is 1. The van der Waals surface area contributed by atoms with Crippen molar-refractivity contribution in [1.29, 1.82) is 0 Å². The number of carbonyl (C=O) groups is 2. The number of carbonyl (C=O) groups excluding carboxylic acids is 2. The summed E-state index contributed by atoms with van der Waals surface area (Å²) < 4.78 is 6.10. The lowest BCUT2D eigenvalue weighted by atomic mass is 9.94. The molecule has 1 atom stereocenters. The Morgan fingerprint density at radius 2 is 1.89 bits per heavy atom. The van der Waals surface area contributed by atoms with E-state index in [9.17, 15) is 24.8 Å². The first kappa shape index (κ1) is 24.1. The predicted octanol–water partition coefficient (Wildman–Crippen LogP) is 5.46. The molecule has 1 N–H and O–H groups in total. The number of ether oxygens (including phenoxy) is 1. The fourth-order valence-electron chi connectivity index (χ4n) is 4.46. The van der Waals surface area contributed by atoms with Gasteiger partial charge in [0.05, 0.1) is 33.9 Å². The fourth-order valence-corrected chi connectivity index (χ4v) is 5.55. The summed E-state index contributed by atoms with van der Waals surface area (Å²) in [5.74, 6) is -1.57. The predicted molar refractivity (Wildman–Crippen MR) is 140 cm³/mol. The lowest BCUT2D eigenvalue weighted by Gasteiger charge is -2.23. The first-order valence-corrected chi connectivity index (χ1v) is 12.1. The monoisotopic (exact) mass is 515 g/mol. The number of methoxy groups -OCH3 is 1. The number of rotatable bonds is 5. The van der Waals surface area contributed by atoms with E-state index in [1.807, 2.05) is 25.1 Å². The van der Waals surface area contributed by atoms with Gasteiger partial charge >= 0.3 is 5.91 Å². The van der Waals surface area contributed by atoms with Gasteiger partial charge in [-0.05, 0) is 60.9 Å². The molecule has 37 heavy (non-hydrogen) atoms. The highest BCUT2D eigenvalue weighted by molar-refractivity contribution is 7.22. The molecule has 0 bridgehead atoms. The molecule has 2 heterocycles. The molecule has 0 saturated carbocycles. The standard InChI is InChI=1S/C27H21N3O6S/c1-14-7-9-19-21(11-14)37-27(28-19)29-23(16-5-4-6-18(13-16)30(34)35)22(25(32)26(29)33)24(31)17-8-10-20(36-3)15(2)12-17/h4-13,23,31H,1-3H3/t23-/m0/s1. The van der Waals surface area contributed by atoms with Gasteiger partial charge in [0.2, 0.25) is 0 Å². The number of ketones is 1. The van der Waals surface area contributed by atoms with E-state index in [0.29, 0.717) is 28.0 Å². The minimum absolute atomic E-state index is 0.175. The van der Waals surface area contributed by atoms with Crippen LogP contribution >= 0.6 is 11.3 Å². The van der Waals surface area contributed by atoms with Crippen LogP contribution in [0.15, 0.2) is 66.2 Å². The number of aryl methyl sites for hydroxylation is 2. The fraction of sp³-hybridized carbons (Fsp3) is 0.148. The summed E-state index contributed by atoms with van der Waals surface area (Å²) in [6.07, 6.45) is 0. The molecule has 0 unspecified atom stereocenters. The van der Waals surface area contributed by atoms with Gasteiger partial charge in [-0.1, -0.05) is 29.5 Å². The van der Waals surface area contributed by atoms with Crippen LogP contribution in [0.5, 0.6) is 5.75 Å². The van der Waals surface area contributed by atoms with Gasteiger partial charge in [0, 0.05) is 17.7 Å². The number of anilines is 1. The molecular formula is C27H21N3O6S. The molecule has 4 aromatic rings. The molecule has 0 aliphatic carbocycles. The second-order valence-electron chi connectivity index (χ2n) is 8.67. The molecule has 0 spiro atoms. The first-order valence-electron chi connectivity index (χ1n) is 11.3. The molecule has 186 valence electrons. The van der Waals surface area contributed by atoms with Crippen LogP contribution in [0.4, 0.5) is 10.8 Å². The maximum absolute atomic E-state index is 13.4. The van der Waals surface area contributed by atoms with Gasteiger partial charge in [0.1, 0.15) is 11.5 Å². The van der Waals surface area contributed by atoms with Crippen molar-refractivity contribution in [2.45, 2.75) is 19.9 Å². The molecule has 10 heteroatoms. The van der Waals surface area contributed by atoms with Crippen LogP contribution in [0.2, 0.25) is 0 Å². The quantitative estimate of drug-likeness (QED) is 0.123. The second-order valence-corrected chi connectivity index (χ2v) is 9.68. The topological polar surface area (TPSA) is 123 Å². The number of benzene rings is 3. The smallest absolute Gasteiger partial charge is 0.301 e. The summed E-state index contributed by atoms with van der Waals surface area (Å²) in [5, 5.41) is 23.1. The van der Waals surface area contributed by atoms with E-state index in [1.54, 1.807) is 31.2 Å². The Hall–Kier alpha value is -4.57. The highest BCUT2D eigenvalue weighted by Gasteiger charge is 2.48. The van der Waals surface area contributed by atoms with Gasteiger partial charge in [0.15, 0.2) is 5.13 Å². The minimum Gasteiger partial charge on any atom is -0.507 e. The van der Waals surface area contributed by atoms with Crippen LogP contribution in [0, 0.1) is 24.0 Å². The lowest BCUT2D eigenvalue weighted by molar-refractivity contribution is -0.384. The Kier molecular flexibility index (Phi) is 5.96. The highest BCUT2D eigenvalue weighted by atomic mass is 32.1. The lowest BCUT2D eigenvalue weighted by Crippen LogP contribution is -2.29. The largest absolute Gasteiger partial charge is 0.507 e. The Balaban J connectivity index is 1.75. The molecule has 1 aliphatic rings. The molecule has 9 nitrogen and oxygen atoms in total. The van der Waals surface area contributed by atoms with Crippen LogP contribution in [0.25, 0.3) is 16.0 Å². The maximum Gasteiger partial charge on any atom is 0.301 e. The zero-order valence-corrected chi connectivity index (χ0v) is 20.9. The summed E-state index contributed by atoms with van der Waals surface area (Å²) in [6, 6.07) is 15.1. The van der Waals surface area contributed by atoms with Gasteiger partial charge < -0.3 is 9.84 Å². The molecule has 1 aromatic heterocycles. The SMILES string of the molecule is COc1ccc(C(O)=C2C(=O)C(=O)N(c3nc4ccc(C)cc4s3)[C@H]2c2cccc([N+](=O)[O-])c2)cc1C. The number of aromatic nitrogens is 1. The van der Waals surface area contributed by atoms with Crippen molar-refractivity contribution in [2.75, 3.05) is 12.0 Å². The summed E-state index contributed by atoms with van der Waals surface area (Å²) in [6.45, 7) is 3.72. The van der Waals surface area contributed by atoms with E-state index in [0.717, 1.165) is 10.3 Å². The first-order chi connectivity index (χ1) is 17.7. The summed E-state index contributed by atoms with van der Waals surface area (Å²) in [5.41, 5.74) is 2.61. The third-order valence-corrected chi connectivity index (χ3v) is 7.27. The minimum atomic E-state index is -1.12. The number of non-ortho nitro benzene ring substituents is 1. The summed E-state index contributed by atoms with van der Waals surface area (Å²) in [4.78, 5) is 43.5. The second kappa shape index (κ2) is 9.14. The molecule has 3 aromatic carbocycles.